The van der Waals surface area contributed by atoms with Gasteiger partial charge in [-0.3, -0.25) is 9.89 Å². The van der Waals surface area contributed by atoms with Crippen molar-refractivity contribution in [2.75, 3.05) is 13.2 Å². The summed E-state index contributed by atoms with van der Waals surface area (Å²) in [4.78, 5) is 14.7. The predicted molar refractivity (Wildman–Crippen MR) is 83.1 cm³/mol. The van der Waals surface area contributed by atoms with Gasteiger partial charge in [-0.1, -0.05) is 13.8 Å². The first-order valence-electron chi connectivity index (χ1n) is 8.09. The molecule has 6 heteroatoms. The highest BCUT2D eigenvalue weighted by molar-refractivity contribution is 5.77. The van der Waals surface area contributed by atoms with Crippen molar-refractivity contribution in [2.24, 2.45) is 11.1 Å². The van der Waals surface area contributed by atoms with Gasteiger partial charge < -0.3 is 15.4 Å². The molecule has 0 bridgehead atoms. The Kier molecular flexibility index (Phi) is 4.23. The van der Waals surface area contributed by atoms with Crippen LogP contribution >= 0.6 is 0 Å². The Morgan fingerprint density at radius 3 is 3.18 bits per heavy atom. The summed E-state index contributed by atoms with van der Waals surface area (Å²) in [5.41, 5.74) is 8.29. The molecule has 3 N–H and O–H groups in total. The molecular formula is C16H26N4O2. The quantitative estimate of drug-likeness (QED) is 0.860. The topological polar surface area (TPSA) is 84.2 Å². The highest BCUT2D eigenvalue weighted by atomic mass is 16.5. The van der Waals surface area contributed by atoms with E-state index in [9.17, 15) is 4.79 Å². The van der Waals surface area contributed by atoms with Gasteiger partial charge in [0.05, 0.1) is 18.7 Å². The van der Waals surface area contributed by atoms with Crippen LogP contribution in [0.5, 0.6) is 0 Å². The number of nitrogens with zero attached hydrogens (tertiary/aromatic N) is 2. The summed E-state index contributed by atoms with van der Waals surface area (Å²) in [7, 11) is 0. The maximum absolute atomic E-state index is 12.7. The molecule has 2 unspecified atom stereocenters. The zero-order valence-corrected chi connectivity index (χ0v) is 13.5. The van der Waals surface area contributed by atoms with E-state index in [4.69, 9.17) is 10.5 Å². The van der Waals surface area contributed by atoms with E-state index < -0.39 is 0 Å². The van der Waals surface area contributed by atoms with Crippen LogP contribution in [0.4, 0.5) is 0 Å². The molecule has 2 aliphatic rings. The second-order valence-corrected chi connectivity index (χ2v) is 7.45. The SMILES string of the molecule is CC1(C)Cc2[nH]ncc2CN(C(=O)CC2CC(N)CCO2)C1. The molecule has 2 aliphatic heterocycles. The van der Waals surface area contributed by atoms with Gasteiger partial charge in [0.2, 0.25) is 5.91 Å². The fraction of sp³-hybridized carbons (Fsp3) is 0.750. The Labute approximate surface area is 131 Å². The molecule has 3 heterocycles. The number of aromatic amines is 1. The zero-order chi connectivity index (χ0) is 15.7. The number of nitrogens with one attached hydrogen (secondary N) is 1. The number of carbonyl (C=O) groups excluding carboxylic acids is 1. The number of amides is 1. The summed E-state index contributed by atoms with van der Waals surface area (Å²) in [6.07, 6.45) is 4.81. The summed E-state index contributed by atoms with van der Waals surface area (Å²) in [5, 5.41) is 7.20. The van der Waals surface area contributed by atoms with Crippen LogP contribution in [0.2, 0.25) is 0 Å². The molecule has 1 fully saturated rings. The lowest BCUT2D eigenvalue weighted by Gasteiger charge is -2.32. The summed E-state index contributed by atoms with van der Waals surface area (Å²) in [6, 6.07) is 0.160. The summed E-state index contributed by atoms with van der Waals surface area (Å²) < 4.78 is 5.70. The van der Waals surface area contributed by atoms with Crippen LogP contribution in [0, 0.1) is 5.41 Å². The Bertz CT molecular complexity index is 540. The van der Waals surface area contributed by atoms with Crippen molar-refractivity contribution in [3.63, 3.8) is 0 Å². The second kappa shape index (κ2) is 6.01. The Balaban J connectivity index is 1.69. The van der Waals surface area contributed by atoms with Crippen LogP contribution in [0.3, 0.4) is 0 Å². The number of rotatable bonds is 2. The molecule has 1 saturated heterocycles. The fourth-order valence-electron chi connectivity index (χ4n) is 3.49. The third-order valence-corrected chi connectivity index (χ3v) is 4.61. The van der Waals surface area contributed by atoms with Crippen molar-refractivity contribution >= 4 is 5.91 Å². The van der Waals surface area contributed by atoms with Gasteiger partial charge in [0.1, 0.15) is 0 Å². The molecule has 1 aromatic rings. The molecule has 6 nitrogen and oxygen atoms in total. The van der Waals surface area contributed by atoms with Gasteiger partial charge in [-0.25, -0.2) is 0 Å². The Hall–Kier alpha value is -1.40. The van der Waals surface area contributed by atoms with Gasteiger partial charge in [0.25, 0.3) is 0 Å². The fourth-order valence-corrected chi connectivity index (χ4v) is 3.49. The number of H-pyrrole nitrogens is 1. The van der Waals surface area contributed by atoms with E-state index >= 15 is 0 Å². The first-order valence-corrected chi connectivity index (χ1v) is 8.09. The predicted octanol–water partition coefficient (Wildman–Crippen LogP) is 1.22. The van der Waals surface area contributed by atoms with E-state index in [0.717, 1.165) is 37.1 Å². The molecule has 0 aromatic carbocycles. The minimum atomic E-state index is -0.0357. The normalized spacial score (nSPS) is 28.0. The largest absolute Gasteiger partial charge is 0.378 e. The van der Waals surface area contributed by atoms with E-state index in [2.05, 4.69) is 24.0 Å². The van der Waals surface area contributed by atoms with Gasteiger partial charge in [-0.2, -0.15) is 5.10 Å². The van der Waals surface area contributed by atoms with Gasteiger partial charge in [0, 0.05) is 37.0 Å². The van der Waals surface area contributed by atoms with Crippen LogP contribution in [0.15, 0.2) is 6.20 Å². The monoisotopic (exact) mass is 306 g/mol. The molecule has 1 amide bonds. The lowest BCUT2D eigenvalue weighted by Crippen LogP contribution is -2.41. The highest BCUT2D eigenvalue weighted by Crippen LogP contribution is 2.29. The summed E-state index contributed by atoms with van der Waals surface area (Å²) in [6.45, 7) is 6.43. The second-order valence-electron chi connectivity index (χ2n) is 7.45. The van der Waals surface area contributed by atoms with Crippen molar-refractivity contribution in [1.29, 1.82) is 0 Å². The van der Waals surface area contributed by atoms with Crippen LogP contribution in [0.1, 0.15) is 44.4 Å². The van der Waals surface area contributed by atoms with Gasteiger partial charge in [-0.15, -0.1) is 0 Å². The average Bonchev–Trinajstić information content (AvgIpc) is 2.79. The number of aromatic nitrogens is 2. The molecule has 0 radical (unpaired) electrons. The number of fused-ring (bicyclic) bond motifs is 1. The summed E-state index contributed by atoms with van der Waals surface area (Å²) >= 11 is 0. The molecule has 2 atom stereocenters. The van der Waals surface area contributed by atoms with Crippen molar-refractivity contribution < 1.29 is 9.53 Å². The van der Waals surface area contributed by atoms with Gasteiger partial charge in [-0.05, 0) is 24.7 Å². The zero-order valence-electron chi connectivity index (χ0n) is 13.5. The van der Waals surface area contributed by atoms with E-state index in [1.54, 1.807) is 0 Å². The molecule has 3 rings (SSSR count). The lowest BCUT2D eigenvalue weighted by atomic mass is 9.87. The smallest absolute Gasteiger partial charge is 0.225 e. The molecule has 0 spiro atoms. The van der Waals surface area contributed by atoms with Crippen LogP contribution in [0.25, 0.3) is 0 Å². The average molecular weight is 306 g/mol. The number of hydrogen-bond acceptors (Lipinski definition) is 4. The molecule has 1 aromatic heterocycles. The third kappa shape index (κ3) is 3.50. The number of ether oxygens (including phenoxy) is 1. The standard InChI is InChI=1S/C16H26N4O2/c1-16(2)7-14-11(8-18-19-14)9-20(10-16)15(21)6-13-5-12(17)3-4-22-13/h8,12-13H,3-7,9-10,17H2,1-2H3,(H,18,19). The van der Waals surface area contributed by atoms with Crippen molar-refractivity contribution in [3.8, 4) is 0 Å². The maximum atomic E-state index is 12.7. The van der Waals surface area contributed by atoms with E-state index in [-0.39, 0.29) is 23.5 Å². The Morgan fingerprint density at radius 1 is 1.59 bits per heavy atom. The van der Waals surface area contributed by atoms with E-state index in [1.807, 2.05) is 11.1 Å². The van der Waals surface area contributed by atoms with Crippen molar-refractivity contribution in [1.82, 2.24) is 15.1 Å². The van der Waals surface area contributed by atoms with E-state index in [0.29, 0.717) is 19.6 Å². The molecule has 0 aliphatic carbocycles. The summed E-state index contributed by atoms with van der Waals surface area (Å²) in [5.74, 6) is 0.154. The number of nitrogens with two attached hydrogens (primary N) is 1. The minimum Gasteiger partial charge on any atom is -0.378 e. The van der Waals surface area contributed by atoms with Crippen LogP contribution < -0.4 is 5.73 Å². The molecular weight excluding hydrogens is 280 g/mol. The first-order chi connectivity index (χ1) is 10.4. The minimum absolute atomic E-state index is 0.0357. The van der Waals surface area contributed by atoms with Gasteiger partial charge in [0.15, 0.2) is 0 Å². The molecule has 0 saturated carbocycles. The van der Waals surface area contributed by atoms with Crippen molar-refractivity contribution in [2.45, 2.75) is 58.2 Å². The number of carbonyl (C=O) groups is 1. The molecule has 22 heavy (non-hydrogen) atoms. The van der Waals surface area contributed by atoms with Crippen LogP contribution in [-0.4, -0.2) is 46.3 Å². The van der Waals surface area contributed by atoms with Gasteiger partial charge >= 0.3 is 0 Å². The highest BCUT2D eigenvalue weighted by Gasteiger charge is 2.32. The Morgan fingerprint density at radius 2 is 2.41 bits per heavy atom. The first kappa shape index (κ1) is 15.5. The number of hydrogen-bond donors (Lipinski definition) is 2. The lowest BCUT2D eigenvalue weighted by molar-refractivity contribution is -0.137. The van der Waals surface area contributed by atoms with Crippen LogP contribution in [-0.2, 0) is 22.5 Å². The van der Waals surface area contributed by atoms with Crippen molar-refractivity contribution in [3.05, 3.63) is 17.5 Å². The third-order valence-electron chi connectivity index (χ3n) is 4.61. The molecule has 122 valence electrons. The maximum Gasteiger partial charge on any atom is 0.225 e. The van der Waals surface area contributed by atoms with E-state index in [1.165, 1.54) is 0 Å².